The maximum Gasteiger partial charge on any atom is 0.261 e. The van der Waals surface area contributed by atoms with Gasteiger partial charge in [-0.3, -0.25) is 9.36 Å². The first-order chi connectivity index (χ1) is 15.5. The van der Waals surface area contributed by atoms with Crippen molar-refractivity contribution >= 4 is 16.7 Å². The molecule has 2 heterocycles. The Morgan fingerprint density at radius 3 is 2.66 bits per heavy atom. The van der Waals surface area contributed by atoms with E-state index in [1.165, 1.54) is 5.56 Å². The van der Waals surface area contributed by atoms with Crippen LogP contribution in [0.25, 0.3) is 10.9 Å². The fourth-order valence-corrected chi connectivity index (χ4v) is 3.61. The van der Waals surface area contributed by atoms with Gasteiger partial charge >= 0.3 is 0 Å². The molecule has 0 amide bonds. The van der Waals surface area contributed by atoms with Gasteiger partial charge in [0.2, 0.25) is 0 Å². The lowest BCUT2D eigenvalue weighted by molar-refractivity contribution is 0.315. The van der Waals surface area contributed by atoms with Gasteiger partial charge < -0.3 is 10.1 Å². The zero-order valence-corrected chi connectivity index (χ0v) is 18.6. The van der Waals surface area contributed by atoms with E-state index >= 15 is 0 Å². The van der Waals surface area contributed by atoms with Gasteiger partial charge in [0, 0.05) is 12.6 Å². The number of fused-ring (bicyclic) bond motifs is 1. The summed E-state index contributed by atoms with van der Waals surface area (Å²) >= 11 is 0. The minimum Gasteiger partial charge on any atom is -0.494 e. The Hall–Kier alpha value is -3.74. The van der Waals surface area contributed by atoms with Gasteiger partial charge in [-0.15, -0.1) is 0 Å². The molecule has 0 saturated carbocycles. The third kappa shape index (κ3) is 5.11. The maximum atomic E-state index is 13.0. The van der Waals surface area contributed by atoms with Gasteiger partial charge in [-0.1, -0.05) is 24.3 Å². The maximum absolute atomic E-state index is 13.0. The Morgan fingerprint density at radius 2 is 1.81 bits per heavy atom. The molecule has 0 spiro atoms. The highest BCUT2D eigenvalue weighted by Gasteiger charge is 2.10. The third-order valence-corrected chi connectivity index (χ3v) is 5.15. The van der Waals surface area contributed by atoms with Crippen LogP contribution in [-0.2, 0) is 6.54 Å². The summed E-state index contributed by atoms with van der Waals surface area (Å²) in [4.78, 5) is 26.5. The van der Waals surface area contributed by atoms with Crippen LogP contribution in [0.3, 0.4) is 0 Å². The van der Waals surface area contributed by atoms with Crippen LogP contribution in [0.4, 0.5) is 5.82 Å². The molecule has 0 atom stereocenters. The van der Waals surface area contributed by atoms with E-state index in [0.717, 1.165) is 30.2 Å². The molecule has 2 aromatic carbocycles. The van der Waals surface area contributed by atoms with E-state index in [2.05, 4.69) is 20.3 Å². The number of nitrogens with one attached hydrogen (secondary N) is 1. The van der Waals surface area contributed by atoms with Crippen molar-refractivity contribution in [3.05, 3.63) is 87.9 Å². The topological polar surface area (TPSA) is 81.9 Å². The van der Waals surface area contributed by atoms with Crippen LogP contribution in [0.15, 0.2) is 59.4 Å². The minimum absolute atomic E-state index is 0.0628. The predicted octanol–water partition coefficient (Wildman–Crippen LogP) is 4.04. The molecule has 7 nitrogen and oxygen atoms in total. The Kier molecular flexibility index (Phi) is 6.44. The molecule has 0 aliphatic carbocycles. The number of hydrogen-bond donors (Lipinski definition) is 1. The lowest BCUT2D eigenvalue weighted by Gasteiger charge is -2.12. The van der Waals surface area contributed by atoms with Crippen LogP contribution in [-0.4, -0.2) is 32.7 Å². The average Bonchev–Trinajstić information content (AvgIpc) is 2.76. The van der Waals surface area contributed by atoms with E-state index < -0.39 is 0 Å². The van der Waals surface area contributed by atoms with Crippen LogP contribution in [0.1, 0.15) is 29.3 Å². The Balaban J connectivity index is 1.41. The zero-order chi connectivity index (χ0) is 22.5. The summed E-state index contributed by atoms with van der Waals surface area (Å²) in [6, 6.07) is 17.3. The second-order valence-corrected chi connectivity index (χ2v) is 7.80. The smallest absolute Gasteiger partial charge is 0.261 e. The molecule has 0 unspecified atom stereocenters. The highest BCUT2D eigenvalue weighted by Crippen LogP contribution is 2.13. The monoisotopic (exact) mass is 429 g/mol. The first-order valence-corrected chi connectivity index (χ1v) is 10.7. The van der Waals surface area contributed by atoms with E-state index in [9.17, 15) is 4.79 Å². The molecular weight excluding hydrogens is 402 g/mol. The van der Waals surface area contributed by atoms with Gasteiger partial charge in [0.1, 0.15) is 23.2 Å². The summed E-state index contributed by atoms with van der Waals surface area (Å²) in [6.45, 7) is 7.42. The lowest BCUT2D eigenvalue weighted by atomic mass is 10.2. The molecule has 4 aromatic rings. The van der Waals surface area contributed by atoms with Gasteiger partial charge in [-0.2, -0.15) is 0 Å². The number of rotatable bonds is 8. The Labute approximate surface area is 187 Å². The van der Waals surface area contributed by atoms with Crippen molar-refractivity contribution < 1.29 is 4.74 Å². The van der Waals surface area contributed by atoms with Crippen molar-refractivity contribution in [1.82, 2.24) is 19.5 Å². The Bertz CT molecular complexity index is 1300. The fourth-order valence-electron chi connectivity index (χ4n) is 3.61. The summed E-state index contributed by atoms with van der Waals surface area (Å²) in [7, 11) is 0. The fraction of sp³-hybridized carbons (Fsp3) is 0.280. The van der Waals surface area contributed by atoms with Crippen LogP contribution in [0, 0.1) is 20.8 Å². The molecule has 0 bridgehead atoms. The number of anilines is 1. The summed E-state index contributed by atoms with van der Waals surface area (Å²) in [5, 5.41) is 3.94. The largest absolute Gasteiger partial charge is 0.494 e. The number of benzene rings is 2. The molecule has 4 rings (SSSR count). The zero-order valence-electron chi connectivity index (χ0n) is 18.6. The van der Waals surface area contributed by atoms with Crippen LogP contribution in [0.5, 0.6) is 5.75 Å². The normalized spacial score (nSPS) is 11.0. The van der Waals surface area contributed by atoms with Crippen molar-refractivity contribution in [3.8, 4) is 5.75 Å². The molecule has 0 aliphatic rings. The third-order valence-electron chi connectivity index (χ3n) is 5.15. The van der Waals surface area contributed by atoms with Crippen molar-refractivity contribution in [2.24, 2.45) is 0 Å². The Morgan fingerprint density at radius 1 is 0.969 bits per heavy atom. The molecule has 0 saturated heterocycles. The van der Waals surface area contributed by atoms with Crippen LogP contribution < -0.4 is 15.6 Å². The first kappa shape index (κ1) is 21.5. The molecule has 164 valence electrons. The van der Waals surface area contributed by atoms with Crippen molar-refractivity contribution in [3.63, 3.8) is 0 Å². The van der Waals surface area contributed by atoms with Crippen molar-refractivity contribution in [2.45, 2.75) is 33.7 Å². The minimum atomic E-state index is -0.0628. The highest BCUT2D eigenvalue weighted by molar-refractivity contribution is 5.77. The van der Waals surface area contributed by atoms with Crippen LogP contribution in [0.2, 0.25) is 0 Å². The van der Waals surface area contributed by atoms with E-state index in [1.807, 2.05) is 69.3 Å². The lowest BCUT2D eigenvalue weighted by Crippen LogP contribution is -2.25. The summed E-state index contributed by atoms with van der Waals surface area (Å²) in [5.41, 5.74) is 2.59. The number of para-hydroxylation sites is 1. The number of aromatic nitrogens is 4. The second kappa shape index (κ2) is 9.60. The number of aryl methyl sites for hydroxylation is 3. The van der Waals surface area contributed by atoms with E-state index in [4.69, 9.17) is 4.74 Å². The molecule has 0 aliphatic heterocycles. The number of nitrogens with zero attached hydrogens (tertiary/aromatic N) is 4. The highest BCUT2D eigenvalue weighted by atomic mass is 16.5. The van der Waals surface area contributed by atoms with Crippen molar-refractivity contribution in [2.75, 3.05) is 18.5 Å². The van der Waals surface area contributed by atoms with Gasteiger partial charge in [-0.05, 0) is 57.0 Å². The molecular formula is C25H27N5O2. The molecule has 0 radical (unpaired) electrons. The average molecular weight is 430 g/mol. The second-order valence-electron chi connectivity index (χ2n) is 7.80. The summed E-state index contributed by atoms with van der Waals surface area (Å²) < 4.78 is 7.45. The van der Waals surface area contributed by atoms with Gasteiger partial charge in [0.15, 0.2) is 0 Å². The van der Waals surface area contributed by atoms with Crippen molar-refractivity contribution in [1.29, 1.82) is 0 Å². The predicted molar refractivity (Wildman–Crippen MR) is 126 cm³/mol. The molecule has 1 N–H and O–H groups in total. The van der Waals surface area contributed by atoms with E-state index in [-0.39, 0.29) is 5.56 Å². The standard InChI is InChI=1S/C25H27N5O2/c1-17-8-6-9-21(14-17)32-13-7-12-26-24-15-20(27-18(2)28-24)16-30-19(3)29-23-11-5-4-10-22(23)25(30)31/h4-6,8-11,14-15H,7,12-13,16H2,1-3H3,(H,26,27,28). The quantitative estimate of drug-likeness (QED) is 0.426. The molecule has 2 aromatic heterocycles. The first-order valence-electron chi connectivity index (χ1n) is 10.7. The molecule has 0 fully saturated rings. The van der Waals surface area contributed by atoms with E-state index in [1.54, 1.807) is 10.6 Å². The van der Waals surface area contributed by atoms with Gasteiger partial charge in [0.05, 0.1) is 29.7 Å². The number of ether oxygens (including phenoxy) is 1. The van der Waals surface area contributed by atoms with Gasteiger partial charge in [0.25, 0.3) is 5.56 Å². The molecule has 32 heavy (non-hydrogen) atoms. The van der Waals surface area contributed by atoms with Crippen LogP contribution >= 0.6 is 0 Å². The SMILES string of the molecule is Cc1cccc(OCCCNc2cc(Cn3c(C)nc4ccccc4c3=O)nc(C)n2)c1. The summed E-state index contributed by atoms with van der Waals surface area (Å²) in [5.74, 6) is 2.94. The van der Waals surface area contributed by atoms with E-state index in [0.29, 0.717) is 35.7 Å². The van der Waals surface area contributed by atoms with Gasteiger partial charge in [-0.25, -0.2) is 15.0 Å². The number of hydrogen-bond acceptors (Lipinski definition) is 6. The summed E-state index contributed by atoms with van der Waals surface area (Å²) in [6.07, 6.45) is 0.833. The molecule has 7 heteroatoms.